The summed E-state index contributed by atoms with van der Waals surface area (Å²) in [5, 5.41) is 8.65. The highest BCUT2D eigenvalue weighted by Gasteiger charge is 2.17. The first-order valence-electron chi connectivity index (χ1n) is 11.4. The summed E-state index contributed by atoms with van der Waals surface area (Å²) in [5.74, 6) is -0.692. The molecule has 3 unspecified atom stereocenters. The fourth-order valence-electron chi connectivity index (χ4n) is 3.71. The Morgan fingerprint density at radius 1 is 0.679 bits per heavy atom. The van der Waals surface area contributed by atoms with Crippen LogP contribution < -0.4 is 0 Å². The minimum absolute atomic E-state index is 0.242. The number of carboxylic acid groups (broad SMARTS) is 1. The van der Waals surface area contributed by atoms with Gasteiger partial charge in [-0.15, -0.1) is 0 Å². The normalized spacial score (nSPS) is 14.7. The highest BCUT2D eigenvalue weighted by molar-refractivity contribution is 5.66. The Labute approximate surface area is 173 Å². The van der Waals surface area contributed by atoms with Gasteiger partial charge in [0.05, 0.1) is 18.3 Å². The monoisotopic (exact) mass is 402 g/mol. The van der Waals surface area contributed by atoms with Crippen LogP contribution in [0.25, 0.3) is 0 Å². The molecule has 0 aliphatic carbocycles. The lowest BCUT2D eigenvalue weighted by Gasteiger charge is -2.23. The summed E-state index contributed by atoms with van der Waals surface area (Å²) in [6, 6.07) is 0. The van der Waals surface area contributed by atoms with Gasteiger partial charge in [-0.3, -0.25) is 4.79 Å². The van der Waals surface area contributed by atoms with E-state index < -0.39 is 5.97 Å². The molecule has 5 nitrogen and oxygen atoms in total. The number of unbranched alkanes of at least 4 members (excludes halogenated alkanes) is 6. The quantitative estimate of drug-likeness (QED) is 0.239. The zero-order valence-electron chi connectivity index (χ0n) is 18.9. The molecule has 0 spiro atoms. The first-order chi connectivity index (χ1) is 13.6. The average molecular weight is 403 g/mol. The average Bonchev–Trinajstić information content (AvgIpc) is 2.69. The maximum atomic E-state index is 10.5. The predicted molar refractivity (Wildman–Crippen MR) is 115 cm³/mol. The third-order valence-corrected chi connectivity index (χ3v) is 5.62. The summed E-state index contributed by atoms with van der Waals surface area (Å²) in [6.45, 7) is 2.23. The smallest absolute Gasteiger partial charge is 0.303 e. The van der Waals surface area contributed by atoms with E-state index in [2.05, 4.69) is 6.92 Å². The minimum atomic E-state index is -0.692. The molecule has 0 fully saturated rings. The van der Waals surface area contributed by atoms with E-state index in [0.29, 0.717) is 12.5 Å². The third-order valence-electron chi connectivity index (χ3n) is 5.62. The summed E-state index contributed by atoms with van der Waals surface area (Å²) in [6.07, 6.45) is 16.6. The Bertz CT molecular complexity index is 348. The van der Waals surface area contributed by atoms with Gasteiger partial charge in [0.15, 0.2) is 0 Å². The summed E-state index contributed by atoms with van der Waals surface area (Å²) in [7, 11) is 5.42. The highest BCUT2D eigenvalue weighted by atomic mass is 16.5. The zero-order chi connectivity index (χ0) is 21.0. The maximum Gasteiger partial charge on any atom is 0.303 e. The summed E-state index contributed by atoms with van der Waals surface area (Å²) in [4.78, 5) is 10.5. The van der Waals surface area contributed by atoms with Crippen LogP contribution in [0.1, 0.15) is 103 Å². The van der Waals surface area contributed by atoms with Crippen molar-refractivity contribution in [2.45, 2.75) is 122 Å². The molecule has 0 bridgehead atoms. The molecule has 0 amide bonds. The van der Waals surface area contributed by atoms with E-state index in [4.69, 9.17) is 19.3 Å². The Hall–Kier alpha value is -0.650. The molecule has 0 aromatic heterocycles. The van der Waals surface area contributed by atoms with E-state index in [1.165, 1.54) is 19.3 Å². The maximum absolute atomic E-state index is 10.5. The topological polar surface area (TPSA) is 65.0 Å². The van der Waals surface area contributed by atoms with Crippen molar-refractivity contribution in [2.75, 3.05) is 21.3 Å². The molecule has 1 N–H and O–H groups in total. The van der Waals surface area contributed by atoms with E-state index >= 15 is 0 Å². The number of rotatable bonds is 21. The van der Waals surface area contributed by atoms with E-state index in [0.717, 1.165) is 70.6 Å². The highest BCUT2D eigenvalue weighted by Crippen LogP contribution is 2.19. The number of hydrogen-bond acceptors (Lipinski definition) is 4. The standard InChI is InChI=1S/C23H46O5/c1-5-6-10-14-20(26-2)16-13-17-22(28-4)19-21(27-3)15-11-8-7-9-12-18-23(24)25/h20-22H,5-19H2,1-4H3,(H,24,25). The summed E-state index contributed by atoms with van der Waals surface area (Å²) >= 11 is 0. The summed E-state index contributed by atoms with van der Waals surface area (Å²) in [5.41, 5.74) is 0. The third kappa shape index (κ3) is 16.3. The van der Waals surface area contributed by atoms with Crippen molar-refractivity contribution in [2.24, 2.45) is 0 Å². The number of carbonyl (C=O) groups is 1. The Kier molecular flexibility index (Phi) is 19.2. The molecule has 0 rings (SSSR count). The molecule has 3 atom stereocenters. The van der Waals surface area contributed by atoms with E-state index in [1.54, 1.807) is 14.2 Å². The second-order valence-corrected chi connectivity index (χ2v) is 7.94. The van der Waals surface area contributed by atoms with Crippen LogP contribution in [0, 0.1) is 0 Å². The molecule has 0 saturated carbocycles. The van der Waals surface area contributed by atoms with Crippen molar-refractivity contribution < 1.29 is 24.1 Å². The first-order valence-corrected chi connectivity index (χ1v) is 11.4. The fourth-order valence-corrected chi connectivity index (χ4v) is 3.71. The molecule has 28 heavy (non-hydrogen) atoms. The van der Waals surface area contributed by atoms with Gasteiger partial charge in [-0.2, -0.15) is 0 Å². The predicted octanol–water partition coefficient (Wildman–Crippen LogP) is 5.99. The lowest BCUT2D eigenvalue weighted by atomic mass is 9.98. The summed E-state index contributed by atoms with van der Waals surface area (Å²) < 4.78 is 17.0. The van der Waals surface area contributed by atoms with E-state index in [9.17, 15) is 4.79 Å². The van der Waals surface area contributed by atoms with Crippen LogP contribution in [0.15, 0.2) is 0 Å². The lowest BCUT2D eigenvalue weighted by Crippen LogP contribution is -2.22. The van der Waals surface area contributed by atoms with Gasteiger partial charge >= 0.3 is 5.97 Å². The van der Waals surface area contributed by atoms with Crippen molar-refractivity contribution in [3.05, 3.63) is 0 Å². The van der Waals surface area contributed by atoms with Gasteiger partial charge in [-0.1, -0.05) is 51.9 Å². The molecule has 168 valence electrons. The van der Waals surface area contributed by atoms with E-state index in [1.807, 2.05) is 7.11 Å². The second kappa shape index (κ2) is 19.7. The van der Waals surface area contributed by atoms with Crippen LogP contribution >= 0.6 is 0 Å². The van der Waals surface area contributed by atoms with Gasteiger partial charge < -0.3 is 19.3 Å². The first kappa shape index (κ1) is 27.4. The molecule has 0 aromatic carbocycles. The van der Waals surface area contributed by atoms with Crippen LogP contribution in [-0.4, -0.2) is 50.7 Å². The number of methoxy groups -OCH3 is 3. The van der Waals surface area contributed by atoms with Gasteiger partial charge in [-0.25, -0.2) is 0 Å². The van der Waals surface area contributed by atoms with E-state index in [-0.39, 0.29) is 12.2 Å². The van der Waals surface area contributed by atoms with Crippen molar-refractivity contribution >= 4 is 5.97 Å². The van der Waals surface area contributed by atoms with Gasteiger partial charge in [0.25, 0.3) is 0 Å². The van der Waals surface area contributed by atoms with Crippen molar-refractivity contribution in [3.63, 3.8) is 0 Å². The molecule has 0 radical (unpaired) electrons. The molecule has 0 saturated heterocycles. The molecule has 5 heteroatoms. The van der Waals surface area contributed by atoms with Crippen LogP contribution in [0.5, 0.6) is 0 Å². The van der Waals surface area contributed by atoms with Crippen LogP contribution in [0.4, 0.5) is 0 Å². The van der Waals surface area contributed by atoms with Crippen molar-refractivity contribution in [1.82, 2.24) is 0 Å². The number of hydrogen-bond donors (Lipinski definition) is 1. The zero-order valence-corrected chi connectivity index (χ0v) is 18.9. The molecule has 0 aliphatic rings. The second-order valence-electron chi connectivity index (χ2n) is 7.94. The van der Waals surface area contributed by atoms with Gasteiger partial charge in [-0.05, 0) is 44.9 Å². The van der Waals surface area contributed by atoms with Crippen LogP contribution in [0.2, 0.25) is 0 Å². The number of ether oxygens (including phenoxy) is 3. The Balaban J connectivity index is 3.93. The molecular weight excluding hydrogens is 356 g/mol. The van der Waals surface area contributed by atoms with Crippen LogP contribution in [-0.2, 0) is 19.0 Å². The van der Waals surface area contributed by atoms with Crippen molar-refractivity contribution in [3.8, 4) is 0 Å². The number of aliphatic carboxylic acids is 1. The number of carboxylic acids is 1. The van der Waals surface area contributed by atoms with Gasteiger partial charge in [0.2, 0.25) is 0 Å². The SMILES string of the molecule is CCCCCC(CCCC(CC(CCCCCCCC(=O)O)OC)OC)OC. The molecular formula is C23H46O5. The molecule has 0 aromatic rings. The van der Waals surface area contributed by atoms with Gasteiger partial charge in [0.1, 0.15) is 0 Å². The largest absolute Gasteiger partial charge is 0.481 e. The molecule has 0 aliphatic heterocycles. The van der Waals surface area contributed by atoms with Crippen molar-refractivity contribution in [1.29, 1.82) is 0 Å². The van der Waals surface area contributed by atoms with Crippen LogP contribution in [0.3, 0.4) is 0 Å². The Morgan fingerprint density at radius 3 is 1.71 bits per heavy atom. The minimum Gasteiger partial charge on any atom is -0.481 e. The molecule has 0 heterocycles. The van der Waals surface area contributed by atoms with Gasteiger partial charge in [0, 0.05) is 27.8 Å². The Morgan fingerprint density at radius 2 is 1.14 bits per heavy atom. The fraction of sp³-hybridized carbons (Fsp3) is 0.957. The lowest BCUT2D eigenvalue weighted by molar-refractivity contribution is -0.137.